The van der Waals surface area contributed by atoms with Gasteiger partial charge in [-0.25, -0.2) is 0 Å². The van der Waals surface area contributed by atoms with Gasteiger partial charge < -0.3 is 9.84 Å². The van der Waals surface area contributed by atoms with Gasteiger partial charge in [0.05, 0.1) is 18.3 Å². The molecule has 1 saturated heterocycles. The van der Waals surface area contributed by atoms with Crippen molar-refractivity contribution in [1.29, 1.82) is 0 Å². The highest BCUT2D eigenvalue weighted by atomic mass is 16.5. The molecule has 3 heteroatoms. The van der Waals surface area contributed by atoms with Gasteiger partial charge in [-0.15, -0.1) is 0 Å². The van der Waals surface area contributed by atoms with Crippen LogP contribution >= 0.6 is 0 Å². The lowest BCUT2D eigenvalue weighted by Gasteiger charge is -2.20. The van der Waals surface area contributed by atoms with Gasteiger partial charge in [-0.05, 0) is 27.7 Å². The average molecular weight is 187 g/mol. The Hall–Kier alpha value is -0.120. The minimum atomic E-state index is -0.315. The zero-order valence-corrected chi connectivity index (χ0v) is 9.03. The summed E-state index contributed by atoms with van der Waals surface area (Å²) < 4.78 is 5.61. The summed E-state index contributed by atoms with van der Waals surface area (Å²) in [5.41, 5.74) is 0. The molecule has 1 fully saturated rings. The van der Waals surface area contributed by atoms with Crippen LogP contribution in [-0.4, -0.2) is 47.4 Å². The van der Waals surface area contributed by atoms with Gasteiger partial charge in [0.2, 0.25) is 0 Å². The van der Waals surface area contributed by atoms with Gasteiger partial charge >= 0.3 is 0 Å². The Morgan fingerprint density at radius 1 is 1.23 bits per heavy atom. The number of hydrogen-bond donors (Lipinski definition) is 1. The van der Waals surface area contributed by atoms with Crippen molar-refractivity contribution in [2.24, 2.45) is 0 Å². The number of aliphatic hydroxyl groups excluding tert-OH is 1. The molecule has 1 heterocycles. The van der Waals surface area contributed by atoms with Crippen LogP contribution in [0.25, 0.3) is 0 Å². The Labute approximate surface area is 80.7 Å². The fourth-order valence-corrected chi connectivity index (χ4v) is 1.69. The summed E-state index contributed by atoms with van der Waals surface area (Å²) in [7, 11) is 0. The van der Waals surface area contributed by atoms with Crippen LogP contribution in [0.1, 0.15) is 27.7 Å². The lowest BCUT2D eigenvalue weighted by Crippen LogP contribution is -2.30. The van der Waals surface area contributed by atoms with E-state index in [4.69, 9.17) is 4.74 Å². The summed E-state index contributed by atoms with van der Waals surface area (Å²) in [6.07, 6.45) is -0.112. The van der Waals surface area contributed by atoms with Gasteiger partial charge in [-0.1, -0.05) is 0 Å². The van der Waals surface area contributed by atoms with Gasteiger partial charge in [-0.3, -0.25) is 4.90 Å². The van der Waals surface area contributed by atoms with E-state index in [0.717, 1.165) is 13.1 Å². The Kier molecular flexibility index (Phi) is 3.71. The van der Waals surface area contributed by atoms with Crippen LogP contribution in [0, 0.1) is 0 Å². The van der Waals surface area contributed by atoms with Gasteiger partial charge in [-0.2, -0.15) is 0 Å². The third-order valence-corrected chi connectivity index (χ3v) is 2.44. The van der Waals surface area contributed by atoms with E-state index in [0.29, 0.717) is 6.04 Å². The Balaban J connectivity index is 2.42. The number of ether oxygens (including phenoxy) is 1. The fraction of sp³-hybridized carbons (Fsp3) is 1.00. The summed E-state index contributed by atoms with van der Waals surface area (Å²) >= 11 is 0. The van der Waals surface area contributed by atoms with Gasteiger partial charge in [0.25, 0.3) is 0 Å². The second kappa shape index (κ2) is 4.40. The Morgan fingerprint density at radius 3 is 2.23 bits per heavy atom. The van der Waals surface area contributed by atoms with Crippen LogP contribution in [0.15, 0.2) is 0 Å². The molecule has 1 N–H and O–H groups in total. The molecule has 13 heavy (non-hydrogen) atoms. The van der Waals surface area contributed by atoms with Crippen LogP contribution in [0.4, 0.5) is 0 Å². The molecule has 3 nitrogen and oxygen atoms in total. The highest BCUT2D eigenvalue weighted by Crippen LogP contribution is 2.17. The molecule has 0 aliphatic carbocycles. The van der Waals surface area contributed by atoms with Crippen molar-refractivity contribution in [2.75, 3.05) is 13.1 Å². The first-order chi connectivity index (χ1) is 6.00. The molecule has 0 aromatic carbocycles. The maximum atomic E-state index is 9.69. The topological polar surface area (TPSA) is 32.7 Å². The second-order valence-corrected chi connectivity index (χ2v) is 4.34. The molecule has 0 unspecified atom stereocenters. The molecule has 1 rings (SSSR count). The number of aliphatic hydroxyl groups is 1. The maximum Gasteiger partial charge on any atom is 0.0976 e. The van der Waals surface area contributed by atoms with Crippen molar-refractivity contribution in [2.45, 2.75) is 52.0 Å². The SMILES string of the molecule is CC(C)O[C@@H]1CN(C(C)C)C[C@H]1O. The predicted octanol–water partition coefficient (Wildman–Crippen LogP) is 0.865. The van der Waals surface area contributed by atoms with Crippen molar-refractivity contribution in [1.82, 2.24) is 4.90 Å². The Morgan fingerprint density at radius 2 is 1.85 bits per heavy atom. The number of hydrogen-bond acceptors (Lipinski definition) is 3. The van der Waals surface area contributed by atoms with Crippen molar-refractivity contribution in [3.8, 4) is 0 Å². The van der Waals surface area contributed by atoms with E-state index in [-0.39, 0.29) is 18.3 Å². The standard InChI is InChI=1S/C10H21NO2/c1-7(2)11-5-9(12)10(6-11)13-8(3)4/h7-10,12H,5-6H2,1-4H3/t9-,10-/m1/s1. The lowest BCUT2D eigenvalue weighted by molar-refractivity contribution is -0.0397. The monoisotopic (exact) mass is 187 g/mol. The van der Waals surface area contributed by atoms with Crippen LogP contribution in [0.2, 0.25) is 0 Å². The fourth-order valence-electron chi connectivity index (χ4n) is 1.69. The highest BCUT2D eigenvalue weighted by Gasteiger charge is 2.33. The maximum absolute atomic E-state index is 9.69. The molecular weight excluding hydrogens is 166 g/mol. The van der Waals surface area contributed by atoms with Crippen LogP contribution in [0.5, 0.6) is 0 Å². The summed E-state index contributed by atoms with van der Waals surface area (Å²) in [5.74, 6) is 0. The van der Waals surface area contributed by atoms with E-state index in [1.54, 1.807) is 0 Å². The molecule has 0 radical (unpaired) electrons. The summed E-state index contributed by atoms with van der Waals surface area (Å²) in [5, 5.41) is 9.69. The van der Waals surface area contributed by atoms with Gasteiger partial charge in [0, 0.05) is 19.1 Å². The smallest absolute Gasteiger partial charge is 0.0976 e. The molecule has 0 aromatic rings. The van der Waals surface area contributed by atoms with E-state index in [2.05, 4.69) is 18.7 Å². The van der Waals surface area contributed by atoms with Gasteiger partial charge in [0.15, 0.2) is 0 Å². The molecule has 0 amide bonds. The normalized spacial score (nSPS) is 30.7. The first kappa shape index (κ1) is 11.0. The van der Waals surface area contributed by atoms with Crippen molar-refractivity contribution in [3.05, 3.63) is 0 Å². The Bertz CT molecular complexity index is 159. The lowest BCUT2D eigenvalue weighted by atomic mass is 10.2. The molecule has 0 saturated carbocycles. The molecule has 0 aromatic heterocycles. The van der Waals surface area contributed by atoms with Crippen molar-refractivity contribution in [3.63, 3.8) is 0 Å². The minimum absolute atomic E-state index is 0.00222. The van der Waals surface area contributed by atoms with E-state index >= 15 is 0 Å². The molecule has 78 valence electrons. The molecule has 0 bridgehead atoms. The third-order valence-electron chi connectivity index (χ3n) is 2.44. The van der Waals surface area contributed by atoms with E-state index in [1.165, 1.54) is 0 Å². The molecule has 2 atom stereocenters. The summed E-state index contributed by atoms with van der Waals surface area (Å²) in [4.78, 5) is 2.25. The van der Waals surface area contributed by atoms with E-state index < -0.39 is 0 Å². The zero-order chi connectivity index (χ0) is 10.0. The van der Waals surface area contributed by atoms with Crippen molar-refractivity contribution >= 4 is 0 Å². The summed E-state index contributed by atoms with van der Waals surface area (Å²) in [6, 6.07) is 0.496. The van der Waals surface area contributed by atoms with Crippen LogP contribution < -0.4 is 0 Å². The number of rotatable bonds is 3. The summed E-state index contributed by atoms with van der Waals surface area (Å²) in [6.45, 7) is 9.90. The largest absolute Gasteiger partial charge is 0.389 e. The number of nitrogens with zero attached hydrogens (tertiary/aromatic N) is 1. The second-order valence-electron chi connectivity index (χ2n) is 4.34. The van der Waals surface area contributed by atoms with Crippen LogP contribution in [-0.2, 0) is 4.74 Å². The van der Waals surface area contributed by atoms with E-state index in [1.807, 2.05) is 13.8 Å². The molecule has 0 spiro atoms. The van der Waals surface area contributed by atoms with E-state index in [9.17, 15) is 5.11 Å². The van der Waals surface area contributed by atoms with Crippen molar-refractivity contribution < 1.29 is 9.84 Å². The van der Waals surface area contributed by atoms with Crippen LogP contribution in [0.3, 0.4) is 0 Å². The number of likely N-dealkylation sites (tertiary alicyclic amines) is 1. The molecular formula is C10H21NO2. The average Bonchev–Trinajstić information content (AvgIpc) is 2.31. The van der Waals surface area contributed by atoms with Gasteiger partial charge in [0.1, 0.15) is 0 Å². The molecule has 1 aliphatic heterocycles. The quantitative estimate of drug-likeness (QED) is 0.711. The minimum Gasteiger partial charge on any atom is -0.389 e. The highest BCUT2D eigenvalue weighted by molar-refractivity contribution is 4.86. The molecule has 1 aliphatic rings. The first-order valence-corrected chi connectivity index (χ1v) is 5.08. The first-order valence-electron chi connectivity index (χ1n) is 5.08. The number of β-amino-alcohol motifs (C(OH)–C–C–N with tert-alkyl or cyclic N) is 1. The zero-order valence-electron chi connectivity index (χ0n) is 9.03. The predicted molar refractivity (Wildman–Crippen MR) is 52.7 cm³/mol. The third kappa shape index (κ3) is 2.93.